The van der Waals surface area contributed by atoms with Crippen molar-refractivity contribution in [2.45, 2.75) is 45.1 Å². The number of aliphatic hydroxyl groups is 1. The van der Waals surface area contributed by atoms with Gasteiger partial charge in [-0.25, -0.2) is 0 Å². The third-order valence-corrected chi connectivity index (χ3v) is 2.43. The highest BCUT2D eigenvalue weighted by atomic mass is 19.4. The molecular formula is C14H19F3O2. The maximum atomic E-state index is 12.5. The summed E-state index contributed by atoms with van der Waals surface area (Å²) in [6, 6.07) is 4.98. The molecule has 0 aliphatic rings. The minimum atomic E-state index is -4.36. The van der Waals surface area contributed by atoms with Gasteiger partial charge in [0.1, 0.15) is 0 Å². The summed E-state index contributed by atoms with van der Waals surface area (Å²) in [4.78, 5) is 0. The summed E-state index contributed by atoms with van der Waals surface area (Å²) in [6.45, 7) is 5.65. The van der Waals surface area contributed by atoms with Crippen LogP contribution in [0.25, 0.3) is 0 Å². The second kappa shape index (κ2) is 5.92. The standard InChI is InChI=1S/C14H19F3O2/c1-13(2,3)19-9-12(18)8-10-5-4-6-11(7-10)14(15,16)17/h4-7,12,18H,8-9H2,1-3H3. The zero-order chi connectivity index (χ0) is 14.7. The van der Waals surface area contributed by atoms with Crippen LogP contribution < -0.4 is 0 Å². The van der Waals surface area contributed by atoms with E-state index < -0.39 is 17.8 Å². The topological polar surface area (TPSA) is 29.5 Å². The quantitative estimate of drug-likeness (QED) is 0.913. The number of hydrogen-bond donors (Lipinski definition) is 1. The summed E-state index contributed by atoms with van der Waals surface area (Å²) in [6.07, 6.45) is -5.04. The van der Waals surface area contributed by atoms with Crippen LogP contribution in [0.3, 0.4) is 0 Å². The van der Waals surface area contributed by atoms with Crippen LogP contribution in [0.1, 0.15) is 31.9 Å². The van der Waals surface area contributed by atoms with Crippen molar-refractivity contribution in [1.82, 2.24) is 0 Å². The van der Waals surface area contributed by atoms with E-state index in [1.54, 1.807) is 6.07 Å². The molecule has 2 nitrogen and oxygen atoms in total. The van der Waals surface area contributed by atoms with Gasteiger partial charge in [-0.05, 0) is 32.4 Å². The highest BCUT2D eigenvalue weighted by Crippen LogP contribution is 2.29. The fourth-order valence-corrected chi connectivity index (χ4v) is 1.55. The molecule has 0 bridgehead atoms. The molecule has 1 N–H and O–H groups in total. The minimum absolute atomic E-state index is 0.0970. The molecule has 0 aliphatic carbocycles. The Morgan fingerprint density at radius 3 is 2.37 bits per heavy atom. The van der Waals surface area contributed by atoms with E-state index in [1.165, 1.54) is 6.07 Å². The molecule has 0 aromatic heterocycles. The van der Waals surface area contributed by atoms with Gasteiger partial charge < -0.3 is 9.84 Å². The van der Waals surface area contributed by atoms with Crippen molar-refractivity contribution in [3.63, 3.8) is 0 Å². The molecule has 1 rings (SSSR count). The third kappa shape index (κ3) is 6.07. The Morgan fingerprint density at radius 1 is 1.21 bits per heavy atom. The van der Waals surface area contributed by atoms with Crippen LogP contribution >= 0.6 is 0 Å². The second-order valence-corrected chi connectivity index (χ2v) is 5.48. The third-order valence-electron chi connectivity index (χ3n) is 2.43. The molecule has 0 spiro atoms. The van der Waals surface area contributed by atoms with Gasteiger partial charge in [-0.15, -0.1) is 0 Å². The van der Waals surface area contributed by atoms with E-state index in [4.69, 9.17) is 4.74 Å². The Labute approximate surface area is 111 Å². The van der Waals surface area contributed by atoms with Gasteiger partial charge in [0.05, 0.1) is 23.9 Å². The van der Waals surface area contributed by atoms with E-state index in [1.807, 2.05) is 20.8 Å². The first-order valence-corrected chi connectivity index (χ1v) is 6.06. The SMILES string of the molecule is CC(C)(C)OCC(O)Cc1cccc(C(F)(F)F)c1. The molecule has 0 saturated heterocycles. The fourth-order valence-electron chi connectivity index (χ4n) is 1.55. The predicted octanol–water partition coefficient (Wildman–Crippen LogP) is 3.42. The normalized spacial score (nSPS) is 14.5. The smallest absolute Gasteiger partial charge is 0.390 e. The maximum absolute atomic E-state index is 12.5. The Morgan fingerprint density at radius 2 is 1.84 bits per heavy atom. The van der Waals surface area contributed by atoms with Crippen molar-refractivity contribution in [2.75, 3.05) is 6.61 Å². The number of benzene rings is 1. The number of halogens is 3. The summed E-state index contributed by atoms with van der Waals surface area (Å²) in [7, 11) is 0. The number of alkyl halides is 3. The van der Waals surface area contributed by atoms with Gasteiger partial charge in [0, 0.05) is 6.42 Å². The lowest BCUT2D eigenvalue weighted by Crippen LogP contribution is -2.27. The van der Waals surface area contributed by atoms with Crippen LogP contribution in [0, 0.1) is 0 Å². The van der Waals surface area contributed by atoms with Gasteiger partial charge in [-0.3, -0.25) is 0 Å². The van der Waals surface area contributed by atoms with E-state index in [0.29, 0.717) is 5.56 Å². The Balaban J connectivity index is 2.62. The molecule has 0 fully saturated rings. The summed E-state index contributed by atoms with van der Waals surface area (Å²) in [5.74, 6) is 0. The fraction of sp³-hybridized carbons (Fsp3) is 0.571. The van der Waals surface area contributed by atoms with Crippen LogP contribution in [-0.4, -0.2) is 23.4 Å². The largest absolute Gasteiger partial charge is 0.416 e. The van der Waals surface area contributed by atoms with Crippen molar-refractivity contribution in [2.24, 2.45) is 0 Å². The second-order valence-electron chi connectivity index (χ2n) is 5.48. The Kier molecular flexibility index (Phi) is 4.98. The molecule has 1 unspecified atom stereocenters. The monoisotopic (exact) mass is 276 g/mol. The maximum Gasteiger partial charge on any atom is 0.416 e. The summed E-state index contributed by atoms with van der Waals surface area (Å²) in [5, 5.41) is 9.75. The molecule has 1 aromatic carbocycles. The van der Waals surface area contributed by atoms with E-state index in [9.17, 15) is 18.3 Å². The molecular weight excluding hydrogens is 257 g/mol. The zero-order valence-electron chi connectivity index (χ0n) is 11.3. The van der Waals surface area contributed by atoms with Gasteiger partial charge in [0.25, 0.3) is 0 Å². The average Bonchev–Trinajstić information content (AvgIpc) is 2.25. The van der Waals surface area contributed by atoms with Gasteiger partial charge in [0.2, 0.25) is 0 Å². The van der Waals surface area contributed by atoms with Gasteiger partial charge in [-0.1, -0.05) is 18.2 Å². The summed E-state index contributed by atoms with van der Waals surface area (Å²) >= 11 is 0. The van der Waals surface area contributed by atoms with Crippen LogP contribution in [0.15, 0.2) is 24.3 Å². The van der Waals surface area contributed by atoms with Gasteiger partial charge in [-0.2, -0.15) is 13.2 Å². The predicted molar refractivity (Wildman–Crippen MR) is 66.9 cm³/mol. The minimum Gasteiger partial charge on any atom is -0.390 e. The molecule has 0 aliphatic heterocycles. The van der Waals surface area contributed by atoms with E-state index in [-0.39, 0.29) is 18.6 Å². The van der Waals surface area contributed by atoms with Crippen LogP contribution in [0.5, 0.6) is 0 Å². The average molecular weight is 276 g/mol. The van der Waals surface area contributed by atoms with Gasteiger partial charge >= 0.3 is 6.18 Å². The van der Waals surface area contributed by atoms with E-state index in [2.05, 4.69) is 0 Å². The first-order chi connectivity index (χ1) is 8.58. The Bertz CT molecular complexity index is 408. The number of aliphatic hydroxyl groups excluding tert-OH is 1. The molecule has 0 heterocycles. The highest BCUT2D eigenvalue weighted by Gasteiger charge is 2.30. The molecule has 0 radical (unpaired) electrons. The molecule has 1 atom stereocenters. The first kappa shape index (κ1) is 16.0. The summed E-state index contributed by atoms with van der Waals surface area (Å²) in [5.41, 5.74) is -0.636. The lowest BCUT2D eigenvalue weighted by molar-refractivity contribution is -0.137. The number of ether oxygens (including phenoxy) is 1. The number of rotatable bonds is 4. The van der Waals surface area contributed by atoms with Gasteiger partial charge in [0.15, 0.2) is 0 Å². The Hall–Kier alpha value is -1.07. The van der Waals surface area contributed by atoms with Crippen molar-refractivity contribution in [3.05, 3.63) is 35.4 Å². The molecule has 5 heteroatoms. The van der Waals surface area contributed by atoms with Crippen LogP contribution in [-0.2, 0) is 17.3 Å². The van der Waals surface area contributed by atoms with Crippen molar-refractivity contribution < 1.29 is 23.0 Å². The molecule has 1 aromatic rings. The van der Waals surface area contributed by atoms with Crippen molar-refractivity contribution in [1.29, 1.82) is 0 Å². The van der Waals surface area contributed by atoms with Crippen molar-refractivity contribution >= 4 is 0 Å². The zero-order valence-corrected chi connectivity index (χ0v) is 11.3. The van der Waals surface area contributed by atoms with Crippen molar-refractivity contribution in [3.8, 4) is 0 Å². The van der Waals surface area contributed by atoms with Crippen LogP contribution in [0.2, 0.25) is 0 Å². The summed E-state index contributed by atoms with van der Waals surface area (Å²) < 4.78 is 43.0. The molecule has 0 amide bonds. The van der Waals surface area contributed by atoms with Crippen LogP contribution in [0.4, 0.5) is 13.2 Å². The first-order valence-electron chi connectivity index (χ1n) is 6.06. The van der Waals surface area contributed by atoms with E-state index in [0.717, 1.165) is 12.1 Å². The molecule has 0 saturated carbocycles. The molecule has 19 heavy (non-hydrogen) atoms. The highest BCUT2D eigenvalue weighted by molar-refractivity contribution is 5.26. The van der Waals surface area contributed by atoms with E-state index >= 15 is 0 Å². The molecule has 108 valence electrons. The number of hydrogen-bond acceptors (Lipinski definition) is 2. The lowest BCUT2D eigenvalue weighted by Gasteiger charge is -2.22. The lowest BCUT2D eigenvalue weighted by atomic mass is 10.0.